The first-order valence-electron chi connectivity index (χ1n) is 10.7. The van der Waals surface area contributed by atoms with Crippen molar-refractivity contribution >= 4 is 10.9 Å². The van der Waals surface area contributed by atoms with Crippen LogP contribution in [-0.4, -0.2) is 10.6 Å². The maximum absolute atomic E-state index is 6.82. The summed E-state index contributed by atoms with van der Waals surface area (Å²) in [4.78, 5) is 3.29. The summed E-state index contributed by atoms with van der Waals surface area (Å²) in [6.45, 7) is 0. The zero-order valence-electron chi connectivity index (χ0n) is 15.6. The summed E-state index contributed by atoms with van der Waals surface area (Å²) < 4.78 is 6.82. The van der Waals surface area contributed by atoms with Gasteiger partial charge in [0.05, 0.1) is 0 Å². The van der Waals surface area contributed by atoms with Crippen LogP contribution in [-0.2, 0) is 6.42 Å². The van der Waals surface area contributed by atoms with Crippen LogP contribution in [0.15, 0.2) is 48.7 Å². The van der Waals surface area contributed by atoms with Crippen LogP contribution in [0, 0.1) is 23.7 Å². The summed E-state index contributed by atoms with van der Waals surface area (Å²) in [7, 11) is 0. The molecule has 0 radical (unpaired) electrons. The molecular weight excluding hydrogens is 330 g/mol. The minimum absolute atomic E-state index is 0.124. The zero-order valence-corrected chi connectivity index (χ0v) is 15.6. The van der Waals surface area contributed by atoms with E-state index in [1.807, 2.05) is 6.20 Å². The highest BCUT2D eigenvalue weighted by Crippen LogP contribution is 2.62. The molecule has 1 aliphatic heterocycles. The van der Waals surface area contributed by atoms with Gasteiger partial charge in [-0.05, 0) is 108 Å². The van der Waals surface area contributed by atoms with Crippen molar-refractivity contribution in [2.75, 3.05) is 0 Å². The molecule has 1 spiro atoms. The third-order valence-corrected chi connectivity index (χ3v) is 8.23. The van der Waals surface area contributed by atoms with Crippen LogP contribution in [0.5, 0.6) is 5.75 Å². The van der Waals surface area contributed by atoms with Gasteiger partial charge < -0.3 is 9.72 Å². The molecule has 0 unspecified atom stereocenters. The minimum Gasteiger partial charge on any atom is -0.486 e. The van der Waals surface area contributed by atoms with Crippen molar-refractivity contribution in [1.82, 2.24) is 4.98 Å². The number of rotatable bonds is 1. The van der Waals surface area contributed by atoms with Gasteiger partial charge in [0, 0.05) is 18.1 Å². The second kappa shape index (κ2) is 4.98. The molecule has 4 aliphatic carbocycles. The number of H-pyrrole nitrogens is 1. The number of benzene rings is 2. The van der Waals surface area contributed by atoms with E-state index in [0.717, 1.165) is 35.8 Å². The Bertz CT molecular complexity index is 1030. The molecular formula is C25H25NO. The Labute approximate surface area is 159 Å². The van der Waals surface area contributed by atoms with E-state index in [0.29, 0.717) is 0 Å². The van der Waals surface area contributed by atoms with Gasteiger partial charge in [-0.2, -0.15) is 0 Å². The van der Waals surface area contributed by atoms with Crippen LogP contribution < -0.4 is 4.74 Å². The molecule has 0 atom stereocenters. The Balaban J connectivity index is 1.27. The van der Waals surface area contributed by atoms with E-state index in [-0.39, 0.29) is 5.60 Å². The average Bonchev–Trinajstić information content (AvgIpc) is 3.29. The molecule has 136 valence electrons. The molecule has 2 heteroatoms. The van der Waals surface area contributed by atoms with E-state index in [1.165, 1.54) is 59.7 Å². The molecule has 2 aromatic carbocycles. The normalized spacial score (nSPS) is 35.7. The second-order valence-electron chi connectivity index (χ2n) is 9.64. The lowest BCUT2D eigenvalue weighted by Crippen LogP contribution is -2.60. The zero-order chi connectivity index (χ0) is 17.6. The Hall–Kier alpha value is -2.22. The third kappa shape index (κ3) is 1.96. The van der Waals surface area contributed by atoms with Crippen molar-refractivity contribution in [1.29, 1.82) is 0 Å². The quantitative estimate of drug-likeness (QED) is 0.572. The standard InChI is InChI=1S/C25H25NO/c1-3-23-19(5-6-26-23)12-17(1)18-2-4-24-20(13-18)14-25(27-24)21-8-15-7-16(10-21)11-22(25)9-15/h1-6,12-13,15-16,21-22,26H,7-11,14H2. The van der Waals surface area contributed by atoms with E-state index < -0.39 is 0 Å². The molecule has 2 nitrogen and oxygen atoms in total. The number of aromatic amines is 1. The van der Waals surface area contributed by atoms with Crippen LogP contribution in [0.3, 0.4) is 0 Å². The molecule has 0 saturated heterocycles. The Kier molecular flexibility index (Phi) is 2.73. The average molecular weight is 355 g/mol. The Morgan fingerprint density at radius 1 is 0.815 bits per heavy atom. The van der Waals surface area contributed by atoms with E-state index in [9.17, 15) is 0 Å². The van der Waals surface area contributed by atoms with Crippen LogP contribution in [0.25, 0.3) is 22.0 Å². The van der Waals surface area contributed by atoms with Crippen LogP contribution in [0.2, 0.25) is 0 Å². The van der Waals surface area contributed by atoms with E-state index in [4.69, 9.17) is 4.74 Å². The maximum Gasteiger partial charge on any atom is 0.123 e. The van der Waals surface area contributed by atoms with Crippen molar-refractivity contribution in [3.05, 3.63) is 54.2 Å². The lowest BCUT2D eigenvalue weighted by atomic mass is 9.49. The highest BCUT2D eigenvalue weighted by Gasteiger charge is 2.60. The van der Waals surface area contributed by atoms with Gasteiger partial charge in [-0.1, -0.05) is 12.1 Å². The van der Waals surface area contributed by atoms with E-state index >= 15 is 0 Å². The van der Waals surface area contributed by atoms with Crippen LogP contribution in [0.1, 0.15) is 37.7 Å². The first kappa shape index (κ1) is 14.8. The number of hydrogen-bond donors (Lipinski definition) is 1. The molecule has 2 heterocycles. The molecule has 0 amide bonds. The summed E-state index contributed by atoms with van der Waals surface area (Å²) in [6.07, 6.45) is 10.3. The number of fused-ring (bicyclic) bond motifs is 2. The van der Waals surface area contributed by atoms with Gasteiger partial charge in [-0.25, -0.2) is 0 Å². The maximum atomic E-state index is 6.82. The summed E-state index contributed by atoms with van der Waals surface area (Å²) >= 11 is 0. The van der Waals surface area contributed by atoms with Gasteiger partial charge in [-0.3, -0.25) is 0 Å². The van der Waals surface area contributed by atoms with Gasteiger partial charge in [-0.15, -0.1) is 0 Å². The van der Waals surface area contributed by atoms with Crippen molar-refractivity contribution < 1.29 is 4.74 Å². The molecule has 4 bridgehead atoms. The predicted octanol–water partition coefficient (Wildman–Crippen LogP) is 5.96. The molecule has 4 saturated carbocycles. The smallest absolute Gasteiger partial charge is 0.123 e. The second-order valence-corrected chi connectivity index (χ2v) is 9.64. The minimum atomic E-state index is 0.124. The summed E-state index contributed by atoms with van der Waals surface area (Å²) in [5, 5.41) is 1.28. The van der Waals surface area contributed by atoms with Gasteiger partial charge in [0.25, 0.3) is 0 Å². The molecule has 8 rings (SSSR count). The van der Waals surface area contributed by atoms with Gasteiger partial charge >= 0.3 is 0 Å². The number of ether oxygens (including phenoxy) is 1. The summed E-state index contributed by atoms with van der Waals surface area (Å²) in [5.41, 5.74) is 5.39. The monoisotopic (exact) mass is 355 g/mol. The lowest BCUT2D eigenvalue weighted by molar-refractivity contribution is -0.145. The summed E-state index contributed by atoms with van der Waals surface area (Å²) in [5.74, 6) is 4.73. The number of nitrogens with one attached hydrogen (secondary N) is 1. The van der Waals surface area contributed by atoms with Crippen molar-refractivity contribution in [2.24, 2.45) is 23.7 Å². The molecule has 1 aromatic heterocycles. The Morgan fingerprint density at radius 3 is 2.37 bits per heavy atom. The largest absolute Gasteiger partial charge is 0.486 e. The van der Waals surface area contributed by atoms with Gasteiger partial charge in [0.2, 0.25) is 0 Å². The van der Waals surface area contributed by atoms with E-state index in [1.54, 1.807) is 0 Å². The fourth-order valence-electron chi connectivity index (χ4n) is 7.21. The highest BCUT2D eigenvalue weighted by atomic mass is 16.5. The summed E-state index contributed by atoms with van der Waals surface area (Å²) in [6, 6.07) is 15.8. The van der Waals surface area contributed by atoms with Crippen molar-refractivity contribution in [3.63, 3.8) is 0 Å². The van der Waals surface area contributed by atoms with Crippen molar-refractivity contribution in [2.45, 2.75) is 44.1 Å². The Morgan fingerprint density at radius 2 is 1.56 bits per heavy atom. The van der Waals surface area contributed by atoms with Crippen LogP contribution in [0.4, 0.5) is 0 Å². The van der Waals surface area contributed by atoms with Crippen molar-refractivity contribution in [3.8, 4) is 16.9 Å². The predicted molar refractivity (Wildman–Crippen MR) is 108 cm³/mol. The van der Waals surface area contributed by atoms with Gasteiger partial charge in [0.15, 0.2) is 0 Å². The third-order valence-electron chi connectivity index (χ3n) is 8.23. The van der Waals surface area contributed by atoms with Gasteiger partial charge in [0.1, 0.15) is 11.4 Å². The number of aromatic nitrogens is 1. The highest BCUT2D eigenvalue weighted by molar-refractivity contribution is 5.85. The molecule has 1 N–H and O–H groups in total. The lowest BCUT2D eigenvalue weighted by Gasteiger charge is -2.59. The topological polar surface area (TPSA) is 25.0 Å². The SMILES string of the molecule is c1cc2cc(-c3ccc4c(c3)CC3(O4)C4CC5CC(C4)CC3C5)ccc2[nH]1. The molecule has 5 aliphatic rings. The fourth-order valence-corrected chi connectivity index (χ4v) is 7.21. The first-order chi connectivity index (χ1) is 13.3. The number of hydrogen-bond acceptors (Lipinski definition) is 1. The van der Waals surface area contributed by atoms with E-state index in [2.05, 4.69) is 47.4 Å². The fraction of sp³-hybridized carbons (Fsp3) is 0.440. The molecule has 27 heavy (non-hydrogen) atoms. The van der Waals surface area contributed by atoms with Crippen LogP contribution >= 0.6 is 0 Å². The molecule has 4 fully saturated rings. The molecule has 3 aromatic rings. The first-order valence-corrected chi connectivity index (χ1v) is 10.7.